The quantitative estimate of drug-likeness (QED) is 0.220. The van der Waals surface area contributed by atoms with Gasteiger partial charge in [0.1, 0.15) is 0 Å². The highest BCUT2D eigenvalue weighted by atomic mass is 35.5. The van der Waals surface area contributed by atoms with Crippen LogP contribution >= 0.6 is 11.6 Å². The zero-order chi connectivity index (χ0) is 24.8. The second-order valence-corrected chi connectivity index (χ2v) is 9.93. The summed E-state index contributed by atoms with van der Waals surface area (Å²) < 4.78 is 28.2. The molecule has 0 heterocycles. The number of anilines is 2. The van der Waals surface area contributed by atoms with E-state index in [1.807, 2.05) is 67.6 Å². The number of nitrogens with one attached hydrogen (secondary N) is 2. The molecule has 4 aromatic rings. The first-order chi connectivity index (χ1) is 16.8. The van der Waals surface area contributed by atoms with Gasteiger partial charge in [-0.2, -0.15) is 0 Å². The molecule has 1 amide bonds. The Balaban J connectivity index is 1.57. The van der Waals surface area contributed by atoms with Crippen molar-refractivity contribution in [1.29, 1.82) is 0 Å². The van der Waals surface area contributed by atoms with Crippen LogP contribution in [0.5, 0.6) is 0 Å². The van der Waals surface area contributed by atoms with Crippen LogP contribution in [0.1, 0.15) is 16.7 Å². The first kappa shape index (κ1) is 24.3. The van der Waals surface area contributed by atoms with Crippen molar-refractivity contribution in [2.45, 2.75) is 11.8 Å². The number of carbonyl (C=O) groups is 1. The molecule has 7 heteroatoms. The van der Waals surface area contributed by atoms with E-state index in [-0.39, 0.29) is 10.8 Å². The van der Waals surface area contributed by atoms with E-state index in [9.17, 15) is 13.2 Å². The van der Waals surface area contributed by atoms with Crippen molar-refractivity contribution in [2.24, 2.45) is 0 Å². The van der Waals surface area contributed by atoms with Crippen molar-refractivity contribution in [2.75, 3.05) is 10.0 Å². The summed E-state index contributed by atoms with van der Waals surface area (Å²) >= 11 is 6.31. The lowest BCUT2D eigenvalue weighted by molar-refractivity contribution is -0.111. The molecular weight excluding hydrogens is 480 g/mol. The molecule has 2 N–H and O–H groups in total. The van der Waals surface area contributed by atoms with E-state index in [1.54, 1.807) is 36.4 Å². The molecule has 5 nitrogen and oxygen atoms in total. The molecule has 0 saturated heterocycles. The molecule has 0 fully saturated rings. The van der Waals surface area contributed by atoms with Gasteiger partial charge in [0.05, 0.1) is 10.6 Å². The molecule has 0 aliphatic carbocycles. The summed E-state index contributed by atoms with van der Waals surface area (Å²) in [6.07, 6.45) is 1.73. The Bertz CT molecular complexity index is 1480. The average molecular weight is 503 g/mol. The van der Waals surface area contributed by atoms with Gasteiger partial charge in [-0.05, 0) is 66.1 Å². The molecule has 0 unspecified atom stereocenters. The predicted molar refractivity (Wildman–Crippen MR) is 143 cm³/mol. The maximum Gasteiger partial charge on any atom is 0.261 e. The lowest BCUT2D eigenvalue weighted by atomic mass is 10.0. The Hall–Kier alpha value is -3.87. The van der Waals surface area contributed by atoms with Crippen molar-refractivity contribution in [3.05, 3.63) is 125 Å². The maximum absolute atomic E-state index is 13.2. The van der Waals surface area contributed by atoms with Crippen molar-refractivity contribution in [1.82, 2.24) is 0 Å². The molecule has 35 heavy (non-hydrogen) atoms. The van der Waals surface area contributed by atoms with Crippen LogP contribution in [0.3, 0.4) is 0 Å². The van der Waals surface area contributed by atoms with Gasteiger partial charge in [-0.25, -0.2) is 8.42 Å². The Labute approximate surface area is 210 Å². The van der Waals surface area contributed by atoms with Crippen molar-refractivity contribution >= 4 is 50.6 Å². The second-order valence-electron chi connectivity index (χ2n) is 7.84. The summed E-state index contributed by atoms with van der Waals surface area (Å²) in [5.74, 6) is -0.343. The third-order valence-corrected chi connectivity index (χ3v) is 7.07. The van der Waals surface area contributed by atoms with Gasteiger partial charge in [0.2, 0.25) is 0 Å². The number of sulfonamides is 1. The molecule has 0 saturated carbocycles. The van der Waals surface area contributed by atoms with Gasteiger partial charge in [-0.3, -0.25) is 9.52 Å². The third-order valence-electron chi connectivity index (χ3n) is 5.35. The smallest absolute Gasteiger partial charge is 0.261 e. The van der Waals surface area contributed by atoms with Crippen molar-refractivity contribution < 1.29 is 13.2 Å². The second kappa shape index (κ2) is 10.6. The highest BCUT2D eigenvalue weighted by Crippen LogP contribution is 2.25. The lowest BCUT2D eigenvalue weighted by Crippen LogP contribution is -2.15. The van der Waals surface area contributed by atoms with E-state index in [2.05, 4.69) is 10.0 Å². The van der Waals surface area contributed by atoms with Gasteiger partial charge in [0.25, 0.3) is 15.9 Å². The molecule has 176 valence electrons. The summed E-state index contributed by atoms with van der Waals surface area (Å²) in [6, 6.07) is 29.7. The van der Waals surface area contributed by atoms with E-state index in [4.69, 9.17) is 11.6 Å². The van der Waals surface area contributed by atoms with Crippen LogP contribution in [0.4, 0.5) is 11.4 Å². The van der Waals surface area contributed by atoms with Crippen molar-refractivity contribution in [3.8, 4) is 0 Å². The summed E-state index contributed by atoms with van der Waals surface area (Å²) in [7, 11) is -3.77. The normalized spacial score (nSPS) is 11.7. The zero-order valence-electron chi connectivity index (χ0n) is 18.9. The highest BCUT2D eigenvalue weighted by molar-refractivity contribution is 7.92. The number of hydrogen-bond acceptors (Lipinski definition) is 3. The number of hydrogen-bond donors (Lipinski definition) is 2. The molecule has 0 atom stereocenters. The van der Waals surface area contributed by atoms with Gasteiger partial charge in [-0.15, -0.1) is 0 Å². The largest absolute Gasteiger partial charge is 0.322 e. The van der Waals surface area contributed by atoms with Gasteiger partial charge in [0, 0.05) is 16.3 Å². The van der Waals surface area contributed by atoms with Crippen LogP contribution in [-0.2, 0) is 14.8 Å². The SMILES string of the molecule is Cc1ccccc1NS(=O)(=O)c1ccc(NC(=O)/C(=C/c2ccccc2Cl)c2ccccc2)cc1. The Kier molecular flexibility index (Phi) is 7.34. The monoisotopic (exact) mass is 502 g/mol. The van der Waals surface area contributed by atoms with E-state index in [0.29, 0.717) is 27.5 Å². The van der Waals surface area contributed by atoms with Crippen LogP contribution in [0.2, 0.25) is 5.02 Å². The lowest BCUT2D eigenvalue weighted by Gasteiger charge is -2.12. The first-order valence-corrected chi connectivity index (χ1v) is 12.7. The first-order valence-electron chi connectivity index (χ1n) is 10.8. The topological polar surface area (TPSA) is 75.3 Å². The van der Waals surface area contributed by atoms with E-state index >= 15 is 0 Å². The number of amides is 1. The molecule has 4 rings (SSSR count). The number of benzene rings is 4. The Morgan fingerprint density at radius 3 is 2.11 bits per heavy atom. The summed E-state index contributed by atoms with van der Waals surface area (Å²) in [5.41, 5.74) is 3.67. The Morgan fingerprint density at radius 2 is 1.43 bits per heavy atom. The molecule has 0 aromatic heterocycles. The molecule has 0 radical (unpaired) electrons. The van der Waals surface area contributed by atoms with Gasteiger partial charge in [0.15, 0.2) is 0 Å². The Morgan fingerprint density at radius 1 is 0.800 bits per heavy atom. The van der Waals surface area contributed by atoms with Crippen LogP contribution in [0.25, 0.3) is 11.6 Å². The van der Waals surface area contributed by atoms with E-state index < -0.39 is 10.0 Å². The standard InChI is InChI=1S/C28H23ClN2O3S/c1-20-9-5-8-14-27(20)31-35(33,34)24-17-15-23(16-18-24)30-28(32)25(21-10-3-2-4-11-21)19-22-12-6-7-13-26(22)29/h2-19,31H,1H3,(H,30,32)/b25-19+. The van der Waals surface area contributed by atoms with Crippen molar-refractivity contribution in [3.63, 3.8) is 0 Å². The fraction of sp³-hybridized carbons (Fsp3) is 0.0357. The van der Waals surface area contributed by atoms with Crippen LogP contribution in [0, 0.1) is 6.92 Å². The molecule has 0 aliphatic rings. The van der Waals surface area contributed by atoms with Gasteiger partial charge >= 0.3 is 0 Å². The van der Waals surface area contributed by atoms with E-state index in [1.165, 1.54) is 12.1 Å². The summed E-state index contributed by atoms with van der Waals surface area (Å²) in [6.45, 7) is 1.83. The summed E-state index contributed by atoms with van der Waals surface area (Å²) in [5, 5.41) is 3.38. The third kappa shape index (κ3) is 5.98. The highest BCUT2D eigenvalue weighted by Gasteiger charge is 2.17. The van der Waals surface area contributed by atoms with Gasteiger partial charge < -0.3 is 5.32 Å². The zero-order valence-corrected chi connectivity index (χ0v) is 20.5. The number of halogens is 1. The fourth-order valence-corrected chi connectivity index (χ4v) is 4.77. The number of carbonyl (C=O) groups excluding carboxylic acids is 1. The minimum atomic E-state index is -3.77. The molecule has 0 bridgehead atoms. The summed E-state index contributed by atoms with van der Waals surface area (Å²) in [4.78, 5) is 13.3. The van der Waals surface area contributed by atoms with Gasteiger partial charge in [-0.1, -0.05) is 78.3 Å². The predicted octanol–water partition coefficient (Wildman–Crippen LogP) is 6.63. The molecule has 0 aliphatic heterocycles. The van der Waals surface area contributed by atoms with Crippen LogP contribution in [-0.4, -0.2) is 14.3 Å². The van der Waals surface area contributed by atoms with Crippen LogP contribution < -0.4 is 10.0 Å². The number of rotatable bonds is 7. The van der Waals surface area contributed by atoms with E-state index in [0.717, 1.165) is 11.1 Å². The molecule has 4 aromatic carbocycles. The molecular formula is C28H23ClN2O3S. The minimum absolute atomic E-state index is 0.0913. The molecule has 0 spiro atoms. The van der Waals surface area contributed by atoms with Crippen LogP contribution in [0.15, 0.2) is 108 Å². The minimum Gasteiger partial charge on any atom is -0.322 e. The fourth-order valence-electron chi connectivity index (χ4n) is 3.45. The number of para-hydroxylation sites is 1. The maximum atomic E-state index is 13.2. The number of aryl methyl sites for hydroxylation is 1. The average Bonchev–Trinajstić information content (AvgIpc) is 2.85.